The molecule has 2 rings (SSSR count). The van der Waals surface area contributed by atoms with Crippen LogP contribution >= 0.6 is 0 Å². The van der Waals surface area contributed by atoms with Crippen LogP contribution in [0, 0.1) is 5.92 Å². The molecule has 0 amide bonds. The van der Waals surface area contributed by atoms with Crippen LogP contribution in [0.2, 0.25) is 0 Å². The number of hydrogen-bond acceptors (Lipinski definition) is 5. The molecule has 1 aromatic heterocycles. The van der Waals surface area contributed by atoms with Gasteiger partial charge in [-0.15, -0.1) is 0 Å². The first-order valence-corrected chi connectivity index (χ1v) is 8.08. The molecule has 0 saturated carbocycles. The molecule has 0 bridgehead atoms. The minimum absolute atomic E-state index is 0.0452. The molecule has 0 aliphatic heterocycles. The van der Waals surface area contributed by atoms with E-state index in [9.17, 15) is 5.11 Å². The predicted octanol–water partition coefficient (Wildman–Crippen LogP) is 3.39. The van der Waals surface area contributed by atoms with Gasteiger partial charge >= 0.3 is 0 Å². The average molecular weight is 314 g/mol. The second-order valence-electron chi connectivity index (χ2n) is 6.30. The summed E-state index contributed by atoms with van der Waals surface area (Å²) in [5.74, 6) is 1.59. The standard InChI is InChI=1S/C18H26N4O/c1-12(2)16(11-23)21-18-20-15(14-8-6-5-7-9-14)10-17(22-18)19-13(3)4/h5-10,12-13,16,23H,11H2,1-4H3,(H2,19,20,21,22)/t16-/m0/s1. The molecule has 0 aliphatic rings. The van der Waals surface area contributed by atoms with Gasteiger partial charge in [-0.3, -0.25) is 0 Å². The van der Waals surface area contributed by atoms with Crippen molar-refractivity contribution in [2.24, 2.45) is 5.92 Å². The molecule has 0 radical (unpaired) electrons. The van der Waals surface area contributed by atoms with E-state index in [2.05, 4.69) is 48.3 Å². The van der Waals surface area contributed by atoms with Crippen molar-refractivity contribution in [3.05, 3.63) is 36.4 Å². The zero-order chi connectivity index (χ0) is 16.8. The van der Waals surface area contributed by atoms with E-state index in [1.54, 1.807) is 0 Å². The number of benzene rings is 1. The monoisotopic (exact) mass is 314 g/mol. The highest BCUT2D eigenvalue weighted by Crippen LogP contribution is 2.22. The summed E-state index contributed by atoms with van der Waals surface area (Å²) in [7, 11) is 0. The van der Waals surface area contributed by atoms with Gasteiger partial charge in [0.05, 0.1) is 18.3 Å². The Labute approximate surface area is 138 Å². The average Bonchev–Trinajstić information content (AvgIpc) is 2.52. The number of nitrogens with one attached hydrogen (secondary N) is 2. The van der Waals surface area contributed by atoms with Crippen molar-refractivity contribution in [2.45, 2.75) is 39.8 Å². The lowest BCUT2D eigenvalue weighted by Gasteiger charge is -2.21. The Morgan fingerprint density at radius 1 is 1.00 bits per heavy atom. The van der Waals surface area contributed by atoms with Crippen LogP contribution in [0.25, 0.3) is 11.3 Å². The maximum atomic E-state index is 9.53. The number of aliphatic hydroxyl groups is 1. The lowest BCUT2D eigenvalue weighted by molar-refractivity contribution is 0.248. The lowest BCUT2D eigenvalue weighted by atomic mass is 10.1. The number of aromatic nitrogens is 2. The Morgan fingerprint density at radius 3 is 2.26 bits per heavy atom. The molecule has 1 atom stereocenters. The SMILES string of the molecule is CC(C)Nc1cc(-c2ccccc2)nc(N[C@@H](CO)C(C)C)n1. The second kappa shape index (κ2) is 7.92. The Kier molecular flexibility index (Phi) is 5.93. The van der Waals surface area contributed by atoms with E-state index in [0.717, 1.165) is 17.1 Å². The third kappa shape index (κ3) is 4.93. The summed E-state index contributed by atoms with van der Waals surface area (Å²) in [5.41, 5.74) is 1.89. The smallest absolute Gasteiger partial charge is 0.225 e. The molecule has 0 unspecified atom stereocenters. The van der Waals surface area contributed by atoms with Crippen LogP contribution in [0.4, 0.5) is 11.8 Å². The first-order valence-electron chi connectivity index (χ1n) is 8.08. The number of anilines is 2. The summed E-state index contributed by atoms with van der Waals surface area (Å²) in [6.45, 7) is 8.30. The summed E-state index contributed by atoms with van der Waals surface area (Å²) < 4.78 is 0. The molecule has 1 heterocycles. The van der Waals surface area contributed by atoms with Crippen molar-refractivity contribution >= 4 is 11.8 Å². The van der Waals surface area contributed by atoms with Crippen molar-refractivity contribution in [1.29, 1.82) is 0 Å². The van der Waals surface area contributed by atoms with Gasteiger partial charge in [0, 0.05) is 17.7 Å². The highest BCUT2D eigenvalue weighted by atomic mass is 16.3. The van der Waals surface area contributed by atoms with E-state index in [1.807, 2.05) is 36.4 Å². The molecule has 2 aromatic rings. The van der Waals surface area contributed by atoms with E-state index in [4.69, 9.17) is 0 Å². The number of hydrogen-bond donors (Lipinski definition) is 3. The third-order valence-corrected chi connectivity index (χ3v) is 3.55. The van der Waals surface area contributed by atoms with Gasteiger partial charge < -0.3 is 15.7 Å². The topological polar surface area (TPSA) is 70.1 Å². The number of nitrogens with zero attached hydrogens (tertiary/aromatic N) is 2. The maximum Gasteiger partial charge on any atom is 0.225 e. The fraction of sp³-hybridized carbons (Fsp3) is 0.444. The quantitative estimate of drug-likeness (QED) is 0.731. The second-order valence-corrected chi connectivity index (χ2v) is 6.30. The molecule has 23 heavy (non-hydrogen) atoms. The van der Waals surface area contributed by atoms with Gasteiger partial charge in [0.25, 0.3) is 0 Å². The summed E-state index contributed by atoms with van der Waals surface area (Å²) in [6, 6.07) is 12.2. The zero-order valence-corrected chi connectivity index (χ0v) is 14.2. The molecule has 0 saturated heterocycles. The van der Waals surface area contributed by atoms with Crippen LogP contribution in [0.1, 0.15) is 27.7 Å². The molecule has 124 valence electrons. The van der Waals surface area contributed by atoms with Gasteiger partial charge in [0.2, 0.25) is 5.95 Å². The molecule has 5 nitrogen and oxygen atoms in total. The molecular weight excluding hydrogens is 288 g/mol. The molecular formula is C18H26N4O. The van der Waals surface area contributed by atoms with Crippen molar-refractivity contribution in [3.8, 4) is 11.3 Å². The van der Waals surface area contributed by atoms with Crippen LogP contribution in [0.15, 0.2) is 36.4 Å². The lowest BCUT2D eigenvalue weighted by Crippen LogP contribution is -2.30. The third-order valence-electron chi connectivity index (χ3n) is 3.55. The highest BCUT2D eigenvalue weighted by Gasteiger charge is 2.15. The summed E-state index contributed by atoms with van der Waals surface area (Å²) in [6.07, 6.45) is 0. The summed E-state index contributed by atoms with van der Waals surface area (Å²) >= 11 is 0. The van der Waals surface area contributed by atoms with Crippen LogP contribution in [-0.4, -0.2) is 33.8 Å². The van der Waals surface area contributed by atoms with Gasteiger partial charge in [0.15, 0.2) is 0 Å². The Morgan fingerprint density at radius 2 is 1.70 bits per heavy atom. The van der Waals surface area contributed by atoms with E-state index < -0.39 is 0 Å². The van der Waals surface area contributed by atoms with E-state index in [0.29, 0.717) is 5.95 Å². The highest BCUT2D eigenvalue weighted by molar-refractivity contribution is 5.64. The molecule has 1 aromatic carbocycles. The Hall–Kier alpha value is -2.14. The Bertz CT molecular complexity index is 614. The first kappa shape index (κ1) is 17.2. The zero-order valence-electron chi connectivity index (χ0n) is 14.2. The number of aliphatic hydroxyl groups excluding tert-OH is 1. The molecule has 0 fully saturated rings. The van der Waals surface area contributed by atoms with Gasteiger partial charge in [0.1, 0.15) is 5.82 Å². The van der Waals surface area contributed by atoms with Crippen molar-refractivity contribution in [2.75, 3.05) is 17.2 Å². The summed E-state index contributed by atoms with van der Waals surface area (Å²) in [4.78, 5) is 9.13. The van der Waals surface area contributed by atoms with E-state index in [-0.39, 0.29) is 24.6 Å². The minimum atomic E-state index is -0.0760. The summed E-state index contributed by atoms with van der Waals surface area (Å²) in [5, 5.41) is 16.1. The molecule has 5 heteroatoms. The maximum absolute atomic E-state index is 9.53. The fourth-order valence-electron chi connectivity index (χ4n) is 2.23. The van der Waals surface area contributed by atoms with Gasteiger partial charge in [-0.2, -0.15) is 4.98 Å². The van der Waals surface area contributed by atoms with Crippen LogP contribution in [0.3, 0.4) is 0 Å². The van der Waals surface area contributed by atoms with E-state index in [1.165, 1.54) is 0 Å². The fourth-order valence-corrected chi connectivity index (χ4v) is 2.23. The van der Waals surface area contributed by atoms with Crippen molar-refractivity contribution in [3.63, 3.8) is 0 Å². The molecule has 0 spiro atoms. The van der Waals surface area contributed by atoms with Crippen LogP contribution < -0.4 is 10.6 Å². The largest absolute Gasteiger partial charge is 0.394 e. The van der Waals surface area contributed by atoms with Gasteiger partial charge in [-0.25, -0.2) is 4.98 Å². The van der Waals surface area contributed by atoms with Crippen LogP contribution in [0.5, 0.6) is 0 Å². The minimum Gasteiger partial charge on any atom is -0.394 e. The normalized spacial score (nSPS) is 12.5. The van der Waals surface area contributed by atoms with Crippen molar-refractivity contribution < 1.29 is 5.11 Å². The van der Waals surface area contributed by atoms with Crippen LogP contribution in [-0.2, 0) is 0 Å². The van der Waals surface area contributed by atoms with E-state index >= 15 is 0 Å². The molecule has 3 N–H and O–H groups in total. The predicted molar refractivity (Wildman–Crippen MR) is 95.6 cm³/mol. The molecule has 0 aliphatic carbocycles. The first-order chi connectivity index (χ1) is 11.0. The van der Waals surface area contributed by atoms with Crippen molar-refractivity contribution in [1.82, 2.24) is 9.97 Å². The number of rotatable bonds is 7. The van der Waals surface area contributed by atoms with Gasteiger partial charge in [-0.1, -0.05) is 44.2 Å². The van der Waals surface area contributed by atoms with Gasteiger partial charge in [-0.05, 0) is 19.8 Å². The Balaban J connectivity index is 2.37.